The molecule has 0 unspecified atom stereocenters. The van der Waals surface area contributed by atoms with Crippen molar-refractivity contribution in [3.05, 3.63) is 127 Å². The smallest absolute Gasteiger partial charge is 0.227 e. The Labute approximate surface area is 249 Å². The minimum absolute atomic E-state index is 0.590. The molecule has 0 saturated carbocycles. The van der Waals surface area contributed by atoms with E-state index in [0.717, 1.165) is 65.1 Å². The number of hydrogen-bond donors (Lipinski definition) is 0. The maximum Gasteiger partial charge on any atom is 0.227 e. The van der Waals surface area contributed by atoms with Crippen LogP contribution in [0.1, 0.15) is 25.1 Å². The molecule has 1 aliphatic carbocycles. The number of oxazole rings is 1. The molecule has 208 valence electrons. The summed E-state index contributed by atoms with van der Waals surface area (Å²) >= 11 is 0. The van der Waals surface area contributed by atoms with Crippen molar-refractivity contribution < 1.29 is 4.42 Å². The Hall–Kier alpha value is -5.56. The number of benzene rings is 3. The van der Waals surface area contributed by atoms with Crippen molar-refractivity contribution in [1.29, 1.82) is 0 Å². The minimum Gasteiger partial charge on any atom is -0.436 e. The molecule has 0 bridgehead atoms. The number of nitrogens with zero attached hydrogens (tertiary/aromatic N) is 6. The molecule has 3 aromatic heterocycles. The van der Waals surface area contributed by atoms with Gasteiger partial charge < -0.3 is 13.9 Å². The summed E-state index contributed by atoms with van der Waals surface area (Å²) in [6.45, 7) is 0.879. The van der Waals surface area contributed by atoms with Gasteiger partial charge in [0.2, 0.25) is 5.89 Å². The normalized spacial score (nSPS) is 14.7. The third-order valence-corrected chi connectivity index (χ3v) is 7.88. The van der Waals surface area contributed by atoms with Crippen LogP contribution in [0.2, 0.25) is 0 Å². The number of fused-ring (bicyclic) bond motifs is 1. The van der Waals surface area contributed by atoms with Crippen molar-refractivity contribution in [3.8, 4) is 34.4 Å². The van der Waals surface area contributed by atoms with Gasteiger partial charge in [-0.05, 0) is 73.9 Å². The lowest BCUT2D eigenvalue weighted by Crippen LogP contribution is -2.19. The van der Waals surface area contributed by atoms with E-state index in [0.29, 0.717) is 23.4 Å². The molecule has 0 atom stereocenters. The molecule has 0 spiro atoms. The molecule has 8 rings (SSSR count). The summed E-state index contributed by atoms with van der Waals surface area (Å²) in [5.74, 6) is 2.51. The predicted molar refractivity (Wildman–Crippen MR) is 171 cm³/mol. The molecule has 0 saturated heterocycles. The van der Waals surface area contributed by atoms with Crippen molar-refractivity contribution in [1.82, 2.24) is 24.5 Å². The van der Waals surface area contributed by atoms with Gasteiger partial charge in [0.05, 0.1) is 11.4 Å². The van der Waals surface area contributed by atoms with Crippen LogP contribution >= 0.6 is 0 Å². The van der Waals surface area contributed by atoms with Gasteiger partial charge in [0, 0.05) is 35.3 Å². The van der Waals surface area contributed by atoms with Crippen LogP contribution in [0.4, 0.5) is 5.69 Å². The highest BCUT2D eigenvalue weighted by molar-refractivity contribution is 5.80. The predicted octanol–water partition coefficient (Wildman–Crippen LogP) is 8.26. The van der Waals surface area contributed by atoms with Crippen LogP contribution in [0.15, 0.2) is 126 Å². The second kappa shape index (κ2) is 10.7. The van der Waals surface area contributed by atoms with Crippen LogP contribution in [0.5, 0.6) is 0 Å². The Balaban J connectivity index is 1.23. The number of para-hydroxylation sites is 3. The molecule has 0 N–H and O–H groups in total. The van der Waals surface area contributed by atoms with Crippen molar-refractivity contribution in [2.75, 3.05) is 11.4 Å². The van der Waals surface area contributed by atoms with E-state index in [4.69, 9.17) is 19.4 Å². The molecule has 7 nitrogen and oxygen atoms in total. The molecule has 0 amide bonds. The minimum atomic E-state index is 0.590. The monoisotopic (exact) mass is 560 g/mol. The zero-order valence-electron chi connectivity index (χ0n) is 23.5. The van der Waals surface area contributed by atoms with Crippen molar-refractivity contribution in [3.63, 3.8) is 0 Å². The second-order valence-corrected chi connectivity index (χ2v) is 10.6. The Morgan fingerprint density at radius 3 is 2.30 bits per heavy atom. The first-order valence-corrected chi connectivity index (χ1v) is 14.6. The highest BCUT2D eigenvalue weighted by Gasteiger charge is 2.24. The van der Waals surface area contributed by atoms with Crippen LogP contribution in [0.25, 0.3) is 56.9 Å². The number of anilines is 1. The molecular formula is C36H28N6O. The summed E-state index contributed by atoms with van der Waals surface area (Å²) in [6.07, 6.45) is 13.7. The zero-order chi connectivity index (χ0) is 28.6. The van der Waals surface area contributed by atoms with E-state index in [1.54, 1.807) is 0 Å². The lowest BCUT2D eigenvalue weighted by atomic mass is 10.1. The molecule has 1 aliphatic heterocycles. The quantitative estimate of drug-likeness (QED) is 0.204. The molecule has 0 radical (unpaired) electrons. The molecule has 4 heterocycles. The molecule has 43 heavy (non-hydrogen) atoms. The maximum absolute atomic E-state index is 6.00. The van der Waals surface area contributed by atoms with Gasteiger partial charge in [0.15, 0.2) is 23.1 Å². The van der Waals surface area contributed by atoms with Gasteiger partial charge in [0.25, 0.3) is 0 Å². The third-order valence-electron chi connectivity index (χ3n) is 7.88. The summed E-state index contributed by atoms with van der Waals surface area (Å²) in [6, 6.07) is 30.4. The van der Waals surface area contributed by atoms with E-state index >= 15 is 0 Å². The van der Waals surface area contributed by atoms with Crippen LogP contribution in [0.3, 0.4) is 0 Å². The molecule has 2 aliphatic rings. The lowest BCUT2D eigenvalue weighted by molar-refractivity contribution is 0.620. The Kier molecular flexibility index (Phi) is 6.26. The molecule has 6 aromatic rings. The van der Waals surface area contributed by atoms with E-state index in [2.05, 4.69) is 81.4 Å². The Bertz CT molecular complexity index is 2000. The SMILES string of the molecule is C1=CCCC(n2cccc2-c2nc(C3=CCCN3c3ccccc3)nc(-c3ccc(-c4nc5ccccc5o4)cc3)n2)=C1. The highest BCUT2D eigenvalue weighted by atomic mass is 16.3. The van der Waals surface area contributed by atoms with Crippen LogP contribution in [-0.4, -0.2) is 31.0 Å². The number of allylic oxidation sites excluding steroid dienone is 4. The summed E-state index contributed by atoms with van der Waals surface area (Å²) < 4.78 is 8.20. The average Bonchev–Trinajstić information content (AvgIpc) is 3.85. The standard InChI is InChI=1S/C36H28N6O/c1-3-11-27(12-4-1)41-23-9-16-30(41)34-38-33(39-35(40-34)31-17-10-24-42(31)28-13-5-2-6-14-28)25-19-21-26(22-20-25)36-37-29-15-7-8-18-32(29)43-36/h1-5,7-8,10-13,15-22,24H,6,9,14,23H2. The van der Waals surface area contributed by atoms with Gasteiger partial charge >= 0.3 is 0 Å². The fourth-order valence-corrected chi connectivity index (χ4v) is 5.75. The second-order valence-electron chi connectivity index (χ2n) is 10.6. The van der Waals surface area contributed by atoms with E-state index in [1.807, 2.05) is 54.6 Å². The van der Waals surface area contributed by atoms with Gasteiger partial charge in [-0.25, -0.2) is 19.9 Å². The number of hydrogen-bond acceptors (Lipinski definition) is 6. The number of rotatable bonds is 6. The largest absolute Gasteiger partial charge is 0.436 e. The van der Waals surface area contributed by atoms with Gasteiger partial charge in [-0.3, -0.25) is 0 Å². The van der Waals surface area contributed by atoms with Gasteiger partial charge in [-0.1, -0.05) is 60.7 Å². The van der Waals surface area contributed by atoms with Crippen LogP contribution in [-0.2, 0) is 0 Å². The Morgan fingerprint density at radius 2 is 1.47 bits per heavy atom. The first-order chi connectivity index (χ1) is 21.3. The van der Waals surface area contributed by atoms with Gasteiger partial charge in [-0.15, -0.1) is 0 Å². The van der Waals surface area contributed by atoms with Gasteiger partial charge in [0.1, 0.15) is 5.52 Å². The van der Waals surface area contributed by atoms with E-state index in [9.17, 15) is 0 Å². The summed E-state index contributed by atoms with van der Waals surface area (Å²) in [7, 11) is 0. The van der Waals surface area contributed by atoms with Gasteiger partial charge in [-0.2, -0.15) is 0 Å². The van der Waals surface area contributed by atoms with E-state index in [1.165, 1.54) is 5.70 Å². The van der Waals surface area contributed by atoms with E-state index < -0.39 is 0 Å². The third kappa shape index (κ3) is 4.75. The molecule has 0 fully saturated rings. The van der Waals surface area contributed by atoms with Crippen molar-refractivity contribution in [2.45, 2.75) is 19.3 Å². The summed E-state index contributed by atoms with van der Waals surface area (Å²) in [5.41, 5.74) is 7.69. The molecule has 3 aromatic carbocycles. The van der Waals surface area contributed by atoms with E-state index in [-0.39, 0.29) is 0 Å². The fourth-order valence-electron chi connectivity index (χ4n) is 5.75. The topological polar surface area (TPSA) is 72.9 Å². The fraction of sp³-hybridized carbons (Fsp3) is 0.111. The Morgan fingerprint density at radius 1 is 0.674 bits per heavy atom. The highest BCUT2D eigenvalue weighted by Crippen LogP contribution is 2.33. The van der Waals surface area contributed by atoms with Crippen molar-refractivity contribution >= 4 is 28.2 Å². The molecule has 7 heteroatoms. The average molecular weight is 561 g/mol. The summed E-state index contributed by atoms with van der Waals surface area (Å²) in [5, 5.41) is 0. The zero-order valence-corrected chi connectivity index (χ0v) is 23.5. The van der Waals surface area contributed by atoms with Crippen LogP contribution < -0.4 is 4.90 Å². The first kappa shape index (κ1) is 25.2. The summed E-state index contributed by atoms with van der Waals surface area (Å²) in [4.78, 5) is 22.1. The first-order valence-electron chi connectivity index (χ1n) is 14.6. The van der Waals surface area contributed by atoms with Crippen molar-refractivity contribution in [2.24, 2.45) is 0 Å². The maximum atomic E-state index is 6.00. The molecular weight excluding hydrogens is 532 g/mol. The van der Waals surface area contributed by atoms with Crippen LogP contribution in [0, 0.1) is 0 Å². The lowest BCUT2D eigenvalue weighted by Gasteiger charge is -2.22. The number of aromatic nitrogens is 5.